The first-order chi connectivity index (χ1) is 6.75. The van der Waals surface area contributed by atoms with Crippen LogP contribution in [0.25, 0.3) is 0 Å². The average Bonchev–Trinajstić information content (AvgIpc) is 2.59. The number of halogens is 1. The summed E-state index contributed by atoms with van der Waals surface area (Å²) in [5, 5.41) is 0. The van der Waals surface area contributed by atoms with Crippen molar-refractivity contribution in [3.63, 3.8) is 0 Å². The topological polar surface area (TPSA) is 17.1 Å². The van der Waals surface area contributed by atoms with Crippen molar-refractivity contribution in [2.75, 3.05) is 0 Å². The molecule has 0 spiro atoms. The molecule has 0 saturated heterocycles. The van der Waals surface area contributed by atoms with Gasteiger partial charge in [0.2, 0.25) is 0 Å². The molecular formula is C11H15BrOSe. The van der Waals surface area contributed by atoms with E-state index in [-0.39, 0.29) is 14.5 Å². The summed E-state index contributed by atoms with van der Waals surface area (Å²) in [7, 11) is 0. The molecule has 0 fully saturated rings. The van der Waals surface area contributed by atoms with E-state index in [1.165, 1.54) is 19.3 Å². The van der Waals surface area contributed by atoms with Gasteiger partial charge in [0.25, 0.3) is 0 Å². The fourth-order valence-corrected chi connectivity index (χ4v) is 4.13. The first-order valence-electron chi connectivity index (χ1n) is 5.02. The summed E-state index contributed by atoms with van der Waals surface area (Å²) in [6.07, 6.45) is 5.44. The summed E-state index contributed by atoms with van der Waals surface area (Å²) in [5.74, 6) is 0.345. The van der Waals surface area contributed by atoms with Crippen molar-refractivity contribution >= 4 is 36.2 Å². The van der Waals surface area contributed by atoms with E-state index in [0.717, 1.165) is 21.8 Å². The number of carbonyl (C=O) groups excluding carboxylic acids is 1. The normalized spacial score (nSPS) is 10.4. The second-order valence-electron chi connectivity index (χ2n) is 3.33. The summed E-state index contributed by atoms with van der Waals surface area (Å²) in [6.45, 7) is 2.19. The van der Waals surface area contributed by atoms with Crippen LogP contribution in [0, 0.1) is 0 Å². The third kappa shape index (κ3) is 3.72. The second kappa shape index (κ2) is 6.60. The van der Waals surface area contributed by atoms with Crippen molar-refractivity contribution in [1.29, 1.82) is 0 Å². The zero-order valence-electron chi connectivity index (χ0n) is 8.38. The van der Waals surface area contributed by atoms with Gasteiger partial charge in [0.1, 0.15) is 0 Å². The Hall–Kier alpha value is 0.149. The van der Waals surface area contributed by atoms with E-state index in [0.29, 0.717) is 5.78 Å². The molecule has 0 saturated carbocycles. The first-order valence-corrected chi connectivity index (χ1v) is 7.65. The molecule has 1 rings (SSSR count). The molecule has 0 N–H and O–H groups in total. The molecule has 0 aliphatic rings. The van der Waals surface area contributed by atoms with E-state index in [1.54, 1.807) is 0 Å². The molecule has 0 aromatic carbocycles. The minimum atomic E-state index is 0.278. The second-order valence-corrected chi connectivity index (χ2v) is 6.11. The van der Waals surface area contributed by atoms with Gasteiger partial charge in [0, 0.05) is 0 Å². The Kier molecular flexibility index (Phi) is 5.76. The molecule has 0 unspecified atom stereocenters. The van der Waals surface area contributed by atoms with Gasteiger partial charge in [-0.15, -0.1) is 0 Å². The van der Waals surface area contributed by atoms with E-state index >= 15 is 0 Å². The summed E-state index contributed by atoms with van der Waals surface area (Å²) >= 11 is 3.69. The number of carbonyl (C=O) groups is 1. The van der Waals surface area contributed by atoms with Gasteiger partial charge in [-0.2, -0.15) is 0 Å². The number of Topliss-reactive ketones (excluding diaryl/α,β-unsaturated/α-hetero) is 1. The fraction of sp³-hybridized carbons (Fsp3) is 0.545. The Labute approximate surface area is 99.8 Å². The zero-order valence-corrected chi connectivity index (χ0v) is 11.7. The minimum absolute atomic E-state index is 0.278. The van der Waals surface area contributed by atoms with E-state index in [1.807, 2.05) is 6.07 Å². The molecule has 3 heteroatoms. The summed E-state index contributed by atoms with van der Waals surface area (Å²) in [6, 6.07) is 2.00. The van der Waals surface area contributed by atoms with Gasteiger partial charge >= 0.3 is 100.0 Å². The molecule has 0 atom stereocenters. The maximum atomic E-state index is 11.7. The summed E-state index contributed by atoms with van der Waals surface area (Å²) in [5.41, 5.74) is 0. The average molecular weight is 322 g/mol. The van der Waals surface area contributed by atoms with Gasteiger partial charge in [-0.1, -0.05) is 0 Å². The molecule has 0 aliphatic heterocycles. The predicted molar refractivity (Wildman–Crippen MR) is 64.2 cm³/mol. The van der Waals surface area contributed by atoms with Crippen LogP contribution in [0.3, 0.4) is 0 Å². The summed E-state index contributed by atoms with van der Waals surface area (Å²) < 4.78 is 2.03. The quantitative estimate of drug-likeness (QED) is 0.444. The molecule has 14 heavy (non-hydrogen) atoms. The molecule has 0 bridgehead atoms. The standard InChI is InChI=1S/C11H15BrOSe/c1-2-3-4-5-6-10(13)11-9(12)7-8-14-11/h7-8H,2-6H2,1H3. The maximum absolute atomic E-state index is 11.7. The van der Waals surface area contributed by atoms with Gasteiger partial charge in [0.15, 0.2) is 0 Å². The van der Waals surface area contributed by atoms with Crippen molar-refractivity contribution < 1.29 is 4.79 Å². The number of hydrogen-bond donors (Lipinski definition) is 0. The van der Waals surface area contributed by atoms with E-state index in [2.05, 4.69) is 27.8 Å². The van der Waals surface area contributed by atoms with Crippen LogP contribution in [0.15, 0.2) is 15.5 Å². The third-order valence-corrected chi connectivity index (χ3v) is 5.38. The summed E-state index contributed by atoms with van der Waals surface area (Å²) in [4.78, 5) is 13.8. The van der Waals surface area contributed by atoms with Crippen molar-refractivity contribution in [2.45, 2.75) is 39.0 Å². The molecule has 1 heterocycles. The van der Waals surface area contributed by atoms with Gasteiger partial charge in [-0.25, -0.2) is 0 Å². The number of hydrogen-bond acceptors (Lipinski definition) is 1. The molecule has 78 valence electrons. The molecule has 0 radical (unpaired) electrons. The van der Waals surface area contributed by atoms with Crippen LogP contribution in [-0.4, -0.2) is 20.3 Å². The van der Waals surface area contributed by atoms with E-state index in [9.17, 15) is 4.79 Å². The first kappa shape index (κ1) is 12.2. The third-order valence-electron chi connectivity index (χ3n) is 2.13. The molecular weight excluding hydrogens is 307 g/mol. The SMILES string of the molecule is CCCCCCC(=O)c1[se]ccc1Br. The molecule has 1 aromatic heterocycles. The Bertz CT molecular complexity index is 293. The van der Waals surface area contributed by atoms with Crippen LogP contribution in [0.5, 0.6) is 0 Å². The molecule has 0 aliphatic carbocycles. The zero-order chi connectivity index (χ0) is 10.4. The van der Waals surface area contributed by atoms with Crippen LogP contribution < -0.4 is 0 Å². The van der Waals surface area contributed by atoms with Crippen LogP contribution in [0.2, 0.25) is 0 Å². The fourth-order valence-electron chi connectivity index (χ4n) is 1.32. The van der Waals surface area contributed by atoms with Gasteiger partial charge in [-0.3, -0.25) is 0 Å². The number of unbranched alkanes of at least 4 members (excludes halogenated alkanes) is 3. The van der Waals surface area contributed by atoms with Crippen molar-refractivity contribution in [3.05, 3.63) is 19.9 Å². The molecule has 1 nitrogen and oxygen atoms in total. The molecule has 0 amide bonds. The van der Waals surface area contributed by atoms with Crippen LogP contribution in [0.1, 0.15) is 48.3 Å². The van der Waals surface area contributed by atoms with Crippen LogP contribution in [-0.2, 0) is 0 Å². The molecule has 1 aromatic rings. The van der Waals surface area contributed by atoms with Gasteiger partial charge in [0.05, 0.1) is 0 Å². The van der Waals surface area contributed by atoms with Crippen LogP contribution >= 0.6 is 15.9 Å². The van der Waals surface area contributed by atoms with Gasteiger partial charge < -0.3 is 0 Å². The Morgan fingerprint density at radius 2 is 2.21 bits per heavy atom. The van der Waals surface area contributed by atoms with Crippen molar-refractivity contribution in [1.82, 2.24) is 0 Å². The number of ketones is 1. The Morgan fingerprint density at radius 1 is 1.43 bits per heavy atom. The van der Waals surface area contributed by atoms with Gasteiger partial charge in [-0.05, 0) is 0 Å². The van der Waals surface area contributed by atoms with E-state index in [4.69, 9.17) is 0 Å². The van der Waals surface area contributed by atoms with E-state index < -0.39 is 0 Å². The van der Waals surface area contributed by atoms with Crippen molar-refractivity contribution in [2.24, 2.45) is 0 Å². The van der Waals surface area contributed by atoms with Crippen LogP contribution in [0.4, 0.5) is 0 Å². The monoisotopic (exact) mass is 322 g/mol. The van der Waals surface area contributed by atoms with Crippen molar-refractivity contribution in [3.8, 4) is 0 Å². The predicted octanol–water partition coefficient (Wildman–Crippen LogP) is 3.66. The Morgan fingerprint density at radius 3 is 2.79 bits per heavy atom. The Balaban J connectivity index is 2.32. The number of rotatable bonds is 6.